The van der Waals surface area contributed by atoms with Gasteiger partial charge >= 0.3 is 0 Å². The van der Waals surface area contributed by atoms with Gasteiger partial charge in [0.2, 0.25) is 0 Å². The quantitative estimate of drug-likeness (QED) is 0.743. The molecule has 0 saturated carbocycles. The SMILES string of the molecule is COc1ccc(NC(=O)c2cc3sc(N4CCN(C)CC4)nc3s2)cc1. The standard InChI is InChI=1S/C18H20N4O2S2/c1-21-7-9-22(10-8-21)18-20-17-15(26-18)11-14(25-17)16(23)19-12-3-5-13(24-2)6-4-12/h3-6,11H,7-10H2,1-2H3,(H,19,23). The van der Waals surface area contributed by atoms with E-state index in [1.54, 1.807) is 18.4 Å². The topological polar surface area (TPSA) is 57.7 Å². The highest BCUT2D eigenvalue weighted by Gasteiger charge is 2.20. The monoisotopic (exact) mass is 388 g/mol. The molecule has 1 aromatic carbocycles. The van der Waals surface area contributed by atoms with Gasteiger partial charge in [-0.05, 0) is 37.4 Å². The van der Waals surface area contributed by atoms with Crippen LogP contribution in [-0.2, 0) is 0 Å². The molecule has 1 aliphatic rings. The molecule has 3 aromatic rings. The van der Waals surface area contributed by atoms with Crippen LogP contribution in [0.5, 0.6) is 5.75 Å². The van der Waals surface area contributed by atoms with Gasteiger partial charge < -0.3 is 19.9 Å². The highest BCUT2D eigenvalue weighted by molar-refractivity contribution is 7.29. The molecule has 0 bridgehead atoms. The van der Waals surface area contributed by atoms with Crippen molar-refractivity contribution in [2.75, 3.05) is 50.6 Å². The second kappa shape index (κ2) is 7.22. The molecule has 136 valence electrons. The van der Waals surface area contributed by atoms with E-state index in [0.717, 1.165) is 52.3 Å². The van der Waals surface area contributed by atoms with E-state index in [0.29, 0.717) is 4.88 Å². The lowest BCUT2D eigenvalue weighted by Crippen LogP contribution is -2.44. The zero-order valence-corrected chi connectivity index (χ0v) is 16.3. The maximum absolute atomic E-state index is 12.5. The highest BCUT2D eigenvalue weighted by Crippen LogP contribution is 2.35. The average molecular weight is 389 g/mol. The van der Waals surface area contributed by atoms with Crippen LogP contribution in [0.3, 0.4) is 0 Å². The van der Waals surface area contributed by atoms with Gasteiger partial charge in [-0.3, -0.25) is 4.79 Å². The Morgan fingerprint density at radius 2 is 1.88 bits per heavy atom. The molecule has 26 heavy (non-hydrogen) atoms. The molecule has 0 unspecified atom stereocenters. The van der Waals surface area contributed by atoms with Crippen LogP contribution < -0.4 is 15.0 Å². The molecule has 1 fully saturated rings. The lowest BCUT2D eigenvalue weighted by molar-refractivity contribution is 0.103. The third kappa shape index (κ3) is 3.53. The summed E-state index contributed by atoms with van der Waals surface area (Å²) in [6.45, 7) is 4.12. The minimum absolute atomic E-state index is 0.105. The fourth-order valence-corrected chi connectivity index (χ4v) is 4.99. The predicted molar refractivity (Wildman–Crippen MR) is 108 cm³/mol. The molecular weight excluding hydrogens is 368 g/mol. The lowest BCUT2D eigenvalue weighted by Gasteiger charge is -2.31. The number of ether oxygens (including phenoxy) is 1. The van der Waals surface area contributed by atoms with Gasteiger partial charge in [0.1, 0.15) is 10.6 Å². The lowest BCUT2D eigenvalue weighted by atomic mass is 10.3. The van der Waals surface area contributed by atoms with Gasteiger partial charge in [-0.25, -0.2) is 4.98 Å². The van der Waals surface area contributed by atoms with Gasteiger partial charge in [-0.15, -0.1) is 11.3 Å². The van der Waals surface area contributed by atoms with Crippen LogP contribution in [0.1, 0.15) is 9.67 Å². The van der Waals surface area contributed by atoms with E-state index >= 15 is 0 Å². The first kappa shape index (κ1) is 17.3. The second-order valence-electron chi connectivity index (χ2n) is 6.25. The summed E-state index contributed by atoms with van der Waals surface area (Å²) in [5.74, 6) is 0.659. The summed E-state index contributed by atoms with van der Waals surface area (Å²) in [5, 5.41) is 3.98. The second-order valence-corrected chi connectivity index (χ2v) is 8.29. The number of thiazole rings is 1. The third-order valence-corrected chi connectivity index (χ3v) is 6.64. The van der Waals surface area contributed by atoms with Crippen LogP contribution in [0.15, 0.2) is 30.3 Å². The number of piperazine rings is 1. The number of aromatic nitrogens is 1. The molecular formula is C18H20N4O2S2. The van der Waals surface area contributed by atoms with Crippen molar-refractivity contribution in [3.63, 3.8) is 0 Å². The molecule has 0 radical (unpaired) electrons. The summed E-state index contributed by atoms with van der Waals surface area (Å²) in [6.07, 6.45) is 0. The number of thiophene rings is 1. The Morgan fingerprint density at radius 3 is 2.54 bits per heavy atom. The van der Waals surface area contributed by atoms with Crippen molar-refractivity contribution in [2.24, 2.45) is 0 Å². The van der Waals surface area contributed by atoms with E-state index < -0.39 is 0 Å². The Morgan fingerprint density at radius 1 is 1.15 bits per heavy atom. The summed E-state index contributed by atoms with van der Waals surface area (Å²) in [4.78, 5) is 23.5. The van der Waals surface area contributed by atoms with Crippen LogP contribution in [0, 0.1) is 0 Å². The van der Waals surface area contributed by atoms with Gasteiger partial charge in [0.05, 0.1) is 16.7 Å². The number of rotatable bonds is 4. The molecule has 2 aromatic heterocycles. The number of anilines is 2. The number of amides is 1. The number of hydrogen-bond donors (Lipinski definition) is 1. The fraction of sp³-hybridized carbons (Fsp3) is 0.333. The van der Waals surface area contributed by atoms with Crippen LogP contribution in [0.2, 0.25) is 0 Å². The molecule has 6 nitrogen and oxygen atoms in total. The number of likely N-dealkylation sites (N-methyl/N-ethyl adjacent to an activating group) is 1. The first-order valence-electron chi connectivity index (χ1n) is 8.41. The van der Waals surface area contributed by atoms with E-state index in [2.05, 4.69) is 22.2 Å². The number of methoxy groups -OCH3 is 1. The van der Waals surface area contributed by atoms with E-state index in [-0.39, 0.29) is 5.91 Å². The van der Waals surface area contributed by atoms with Crippen LogP contribution >= 0.6 is 22.7 Å². The van der Waals surface area contributed by atoms with Crippen LogP contribution in [-0.4, -0.2) is 56.1 Å². The van der Waals surface area contributed by atoms with Gasteiger partial charge in [0.25, 0.3) is 5.91 Å². The third-order valence-electron chi connectivity index (χ3n) is 4.42. The van der Waals surface area contributed by atoms with Gasteiger partial charge in [0, 0.05) is 31.9 Å². The van der Waals surface area contributed by atoms with Gasteiger partial charge in [-0.2, -0.15) is 0 Å². The number of nitrogens with one attached hydrogen (secondary N) is 1. The van der Waals surface area contributed by atoms with Crippen LogP contribution in [0.25, 0.3) is 9.53 Å². The van der Waals surface area contributed by atoms with Crippen molar-refractivity contribution in [1.82, 2.24) is 9.88 Å². The Labute approximate surface area is 160 Å². The van der Waals surface area contributed by atoms with Crippen molar-refractivity contribution < 1.29 is 9.53 Å². The molecule has 1 amide bonds. The van der Waals surface area contributed by atoms with Crippen molar-refractivity contribution >= 4 is 48.9 Å². The zero-order chi connectivity index (χ0) is 18.1. The maximum atomic E-state index is 12.5. The molecule has 1 saturated heterocycles. The maximum Gasteiger partial charge on any atom is 0.265 e. The minimum Gasteiger partial charge on any atom is -0.497 e. The average Bonchev–Trinajstić information content (AvgIpc) is 3.22. The van der Waals surface area contributed by atoms with Gasteiger partial charge in [-0.1, -0.05) is 11.3 Å². The number of carbonyl (C=O) groups is 1. The molecule has 4 rings (SSSR count). The van der Waals surface area contributed by atoms with Crippen molar-refractivity contribution in [3.8, 4) is 5.75 Å². The molecule has 0 spiro atoms. The Kier molecular flexibility index (Phi) is 4.80. The first-order valence-corrected chi connectivity index (χ1v) is 10.0. The molecule has 0 atom stereocenters. The minimum atomic E-state index is -0.105. The molecule has 0 aliphatic carbocycles. The van der Waals surface area contributed by atoms with Crippen LogP contribution in [0.4, 0.5) is 10.8 Å². The summed E-state index contributed by atoms with van der Waals surface area (Å²) >= 11 is 3.11. The van der Waals surface area contributed by atoms with Crippen molar-refractivity contribution in [3.05, 3.63) is 35.2 Å². The predicted octanol–water partition coefficient (Wildman–Crippen LogP) is 3.37. The number of nitrogens with zero attached hydrogens (tertiary/aromatic N) is 3. The first-order chi connectivity index (χ1) is 12.6. The number of hydrogen-bond acceptors (Lipinski definition) is 7. The molecule has 8 heteroatoms. The summed E-state index contributed by atoms with van der Waals surface area (Å²) in [7, 11) is 3.76. The number of carbonyl (C=O) groups excluding carboxylic acids is 1. The Hall–Kier alpha value is -2.16. The van der Waals surface area contributed by atoms with E-state index in [1.165, 1.54) is 11.3 Å². The molecule has 1 N–H and O–H groups in total. The van der Waals surface area contributed by atoms with Crippen molar-refractivity contribution in [2.45, 2.75) is 0 Å². The highest BCUT2D eigenvalue weighted by atomic mass is 32.1. The van der Waals surface area contributed by atoms with Crippen molar-refractivity contribution in [1.29, 1.82) is 0 Å². The largest absolute Gasteiger partial charge is 0.497 e. The normalized spacial score (nSPS) is 15.4. The Bertz CT molecular complexity index is 880. The van der Waals surface area contributed by atoms with E-state index in [4.69, 9.17) is 9.72 Å². The zero-order valence-electron chi connectivity index (χ0n) is 14.7. The smallest absolute Gasteiger partial charge is 0.265 e. The summed E-state index contributed by atoms with van der Waals surface area (Å²) in [5.41, 5.74) is 0.749. The summed E-state index contributed by atoms with van der Waals surface area (Å²) in [6, 6.07) is 9.25. The Balaban J connectivity index is 1.46. The van der Waals surface area contributed by atoms with E-state index in [1.807, 2.05) is 30.3 Å². The number of fused-ring (bicyclic) bond motifs is 1. The van der Waals surface area contributed by atoms with E-state index in [9.17, 15) is 4.79 Å². The molecule has 1 aliphatic heterocycles. The number of benzene rings is 1. The van der Waals surface area contributed by atoms with Gasteiger partial charge in [0.15, 0.2) is 5.13 Å². The molecule has 3 heterocycles. The fourth-order valence-electron chi connectivity index (χ4n) is 2.84. The summed E-state index contributed by atoms with van der Waals surface area (Å²) < 4.78 is 6.20.